The van der Waals surface area contributed by atoms with Gasteiger partial charge in [-0.15, -0.1) is 0 Å². The van der Waals surface area contributed by atoms with Crippen LogP contribution in [0.25, 0.3) is 0 Å². The average Bonchev–Trinajstić information content (AvgIpc) is 2.30. The van der Waals surface area contributed by atoms with Crippen LogP contribution in [-0.2, 0) is 4.79 Å². The molecule has 4 heteroatoms. The zero-order valence-electron chi connectivity index (χ0n) is 13.0. The zero-order chi connectivity index (χ0) is 15.3. The van der Waals surface area contributed by atoms with Gasteiger partial charge < -0.3 is 10.6 Å². The molecule has 110 valence electrons. The summed E-state index contributed by atoms with van der Waals surface area (Å²) in [6, 6.07) is 5.35. The summed E-state index contributed by atoms with van der Waals surface area (Å²) < 4.78 is 0. The maximum absolute atomic E-state index is 12.4. The van der Waals surface area contributed by atoms with Crippen molar-refractivity contribution in [1.29, 1.82) is 0 Å². The summed E-state index contributed by atoms with van der Waals surface area (Å²) in [5, 5.41) is 5.78. The van der Waals surface area contributed by atoms with E-state index in [4.69, 9.17) is 0 Å². The molecular formula is C16H24N2O2. The lowest BCUT2D eigenvalue weighted by Gasteiger charge is -2.26. The SMILES string of the molecule is CCCC(C)(C)NC(=O)c1cccc(NC(C)=O)c1C. The van der Waals surface area contributed by atoms with Gasteiger partial charge in [0.2, 0.25) is 5.91 Å². The molecule has 1 rings (SSSR count). The molecule has 0 aliphatic heterocycles. The third-order valence-electron chi connectivity index (χ3n) is 3.22. The molecule has 0 bridgehead atoms. The maximum Gasteiger partial charge on any atom is 0.252 e. The molecule has 0 aromatic heterocycles. The molecule has 0 saturated carbocycles. The quantitative estimate of drug-likeness (QED) is 0.867. The van der Waals surface area contributed by atoms with Gasteiger partial charge in [0.05, 0.1) is 0 Å². The second-order valence-electron chi connectivity index (χ2n) is 5.75. The van der Waals surface area contributed by atoms with Gasteiger partial charge in [0, 0.05) is 23.7 Å². The molecule has 0 radical (unpaired) electrons. The van der Waals surface area contributed by atoms with Crippen LogP contribution in [0.5, 0.6) is 0 Å². The van der Waals surface area contributed by atoms with E-state index >= 15 is 0 Å². The number of amides is 2. The van der Waals surface area contributed by atoms with Gasteiger partial charge in [-0.1, -0.05) is 19.4 Å². The minimum atomic E-state index is -0.234. The molecule has 0 aliphatic rings. The molecular weight excluding hydrogens is 252 g/mol. The summed E-state index contributed by atoms with van der Waals surface area (Å²) >= 11 is 0. The fraction of sp³-hybridized carbons (Fsp3) is 0.500. The Balaban J connectivity index is 2.96. The zero-order valence-corrected chi connectivity index (χ0v) is 13.0. The van der Waals surface area contributed by atoms with Crippen molar-refractivity contribution in [2.75, 3.05) is 5.32 Å². The number of rotatable bonds is 5. The summed E-state index contributed by atoms with van der Waals surface area (Å²) in [6.45, 7) is 9.42. The minimum absolute atomic E-state index is 0.104. The van der Waals surface area contributed by atoms with Crippen LogP contribution in [0.15, 0.2) is 18.2 Å². The van der Waals surface area contributed by atoms with Crippen LogP contribution < -0.4 is 10.6 Å². The summed E-state index contributed by atoms with van der Waals surface area (Å²) in [6.07, 6.45) is 1.93. The lowest BCUT2D eigenvalue weighted by atomic mass is 9.97. The van der Waals surface area contributed by atoms with Gasteiger partial charge in [-0.05, 0) is 44.9 Å². The van der Waals surface area contributed by atoms with Gasteiger partial charge in [0.15, 0.2) is 0 Å². The normalized spacial score (nSPS) is 11.1. The first kappa shape index (κ1) is 16.2. The largest absolute Gasteiger partial charge is 0.347 e. The van der Waals surface area contributed by atoms with E-state index in [1.54, 1.807) is 18.2 Å². The molecule has 0 aliphatic carbocycles. The van der Waals surface area contributed by atoms with Gasteiger partial charge in [-0.25, -0.2) is 0 Å². The molecule has 0 spiro atoms. The van der Waals surface area contributed by atoms with E-state index in [0.717, 1.165) is 18.4 Å². The van der Waals surface area contributed by atoms with Gasteiger partial charge in [-0.2, -0.15) is 0 Å². The third kappa shape index (κ3) is 4.37. The molecule has 1 aromatic carbocycles. The second-order valence-corrected chi connectivity index (χ2v) is 5.75. The van der Waals surface area contributed by atoms with E-state index < -0.39 is 0 Å². The van der Waals surface area contributed by atoms with Crippen LogP contribution in [0.1, 0.15) is 56.5 Å². The Morgan fingerprint density at radius 3 is 2.45 bits per heavy atom. The Bertz CT molecular complexity index is 507. The third-order valence-corrected chi connectivity index (χ3v) is 3.22. The van der Waals surface area contributed by atoms with Crippen LogP contribution in [0.4, 0.5) is 5.69 Å². The Hall–Kier alpha value is -1.84. The fourth-order valence-corrected chi connectivity index (χ4v) is 2.27. The van der Waals surface area contributed by atoms with Gasteiger partial charge >= 0.3 is 0 Å². The van der Waals surface area contributed by atoms with Crippen molar-refractivity contribution < 1.29 is 9.59 Å². The van der Waals surface area contributed by atoms with Crippen molar-refractivity contribution in [3.05, 3.63) is 29.3 Å². The average molecular weight is 276 g/mol. The van der Waals surface area contributed by atoms with Crippen LogP contribution in [-0.4, -0.2) is 17.4 Å². The molecule has 0 atom stereocenters. The van der Waals surface area contributed by atoms with Crippen molar-refractivity contribution in [1.82, 2.24) is 5.32 Å². The number of benzene rings is 1. The minimum Gasteiger partial charge on any atom is -0.347 e. The number of hydrogen-bond acceptors (Lipinski definition) is 2. The molecule has 0 fully saturated rings. The van der Waals surface area contributed by atoms with Crippen LogP contribution >= 0.6 is 0 Å². The smallest absolute Gasteiger partial charge is 0.252 e. The predicted molar refractivity (Wildman–Crippen MR) is 81.9 cm³/mol. The number of carbonyl (C=O) groups excluding carboxylic acids is 2. The molecule has 20 heavy (non-hydrogen) atoms. The van der Waals surface area contributed by atoms with E-state index in [-0.39, 0.29) is 17.4 Å². The van der Waals surface area contributed by atoms with Crippen LogP contribution in [0.3, 0.4) is 0 Å². The molecule has 0 unspecified atom stereocenters. The summed E-state index contributed by atoms with van der Waals surface area (Å²) in [7, 11) is 0. The molecule has 2 amide bonds. The van der Waals surface area contributed by atoms with E-state index in [9.17, 15) is 9.59 Å². The first-order valence-corrected chi connectivity index (χ1v) is 6.96. The number of nitrogens with one attached hydrogen (secondary N) is 2. The van der Waals surface area contributed by atoms with Gasteiger partial charge in [-0.3, -0.25) is 9.59 Å². The first-order chi connectivity index (χ1) is 9.26. The summed E-state index contributed by atoms with van der Waals surface area (Å²) in [4.78, 5) is 23.5. The lowest BCUT2D eigenvalue weighted by Crippen LogP contribution is -2.43. The number of carbonyl (C=O) groups is 2. The second kappa shape index (κ2) is 6.55. The van der Waals surface area contributed by atoms with Crippen molar-refractivity contribution in [3.8, 4) is 0 Å². The Morgan fingerprint density at radius 2 is 1.90 bits per heavy atom. The Labute approximate surface area is 121 Å². The van der Waals surface area contributed by atoms with Crippen molar-refractivity contribution in [3.63, 3.8) is 0 Å². The standard InChI is InChI=1S/C16H24N2O2/c1-6-10-16(4,5)18-15(20)13-8-7-9-14(11(13)2)17-12(3)19/h7-9H,6,10H2,1-5H3,(H,17,19)(H,18,20). The highest BCUT2D eigenvalue weighted by molar-refractivity contribution is 5.99. The molecule has 1 aromatic rings. The van der Waals surface area contributed by atoms with Crippen LogP contribution in [0.2, 0.25) is 0 Å². The van der Waals surface area contributed by atoms with Crippen molar-refractivity contribution >= 4 is 17.5 Å². The van der Waals surface area contributed by atoms with E-state index in [1.165, 1.54) is 6.92 Å². The molecule has 4 nitrogen and oxygen atoms in total. The van der Waals surface area contributed by atoms with Crippen molar-refractivity contribution in [2.45, 2.75) is 53.0 Å². The van der Waals surface area contributed by atoms with Gasteiger partial charge in [0.1, 0.15) is 0 Å². The highest BCUT2D eigenvalue weighted by Crippen LogP contribution is 2.20. The summed E-state index contributed by atoms with van der Waals surface area (Å²) in [5.41, 5.74) is 1.83. The molecule has 0 saturated heterocycles. The summed E-state index contributed by atoms with van der Waals surface area (Å²) in [5.74, 6) is -0.245. The fourth-order valence-electron chi connectivity index (χ4n) is 2.27. The maximum atomic E-state index is 12.4. The van der Waals surface area contributed by atoms with Gasteiger partial charge in [0.25, 0.3) is 5.91 Å². The lowest BCUT2D eigenvalue weighted by molar-refractivity contribution is -0.114. The highest BCUT2D eigenvalue weighted by Gasteiger charge is 2.21. The molecule has 2 N–H and O–H groups in total. The van der Waals surface area contributed by atoms with E-state index in [0.29, 0.717) is 11.3 Å². The van der Waals surface area contributed by atoms with Crippen molar-refractivity contribution in [2.24, 2.45) is 0 Å². The number of hydrogen-bond donors (Lipinski definition) is 2. The van der Waals surface area contributed by atoms with E-state index in [1.807, 2.05) is 20.8 Å². The Kier molecular flexibility index (Phi) is 5.31. The topological polar surface area (TPSA) is 58.2 Å². The monoisotopic (exact) mass is 276 g/mol. The van der Waals surface area contributed by atoms with Crippen LogP contribution in [0, 0.1) is 6.92 Å². The first-order valence-electron chi connectivity index (χ1n) is 6.96. The molecule has 0 heterocycles. The van der Waals surface area contributed by atoms with E-state index in [2.05, 4.69) is 17.6 Å². The highest BCUT2D eigenvalue weighted by atomic mass is 16.2. The number of anilines is 1. The Morgan fingerprint density at radius 1 is 1.25 bits per heavy atom. The predicted octanol–water partition coefficient (Wildman–Crippen LogP) is 3.26.